The van der Waals surface area contributed by atoms with Crippen molar-refractivity contribution in [3.05, 3.63) is 23.8 Å². The van der Waals surface area contributed by atoms with Crippen LogP contribution in [0.1, 0.15) is 48.9 Å². The summed E-state index contributed by atoms with van der Waals surface area (Å²) in [5.41, 5.74) is 0.311. The fourth-order valence-electron chi connectivity index (χ4n) is 3.13. The zero-order valence-electron chi connectivity index (χ0n) is 14.3. The van der Waals surface area contributed by atoms with Crippen LogP contribution >= 0.6 is 0 Å². The lowest BCUT2D eigenvalue weighted by Gasteiger charge is -2.12. The molecule has 2 rings (SSSR count). The van der Waals surface area contributed by atoms with E-state index in [0.717, 1.165) is 18.8 Å². The Hall–Kier alpha value is -1.60. The van der Waals surface area contributed by atoms with Gasteiger partial charge < -0.3 is 10.1 Å². The number of nitrogens with one attached hydrogen (secondary N) is 2. The van der Waals surface area contributed by atoms with E-state index in [1.807, 2.05) is 0 Å². The monoisotopic (exact) mass is 354 g/mol. The topological polar surface area (TPSA) is 84.5 Å². The summed E-state index contributed by atoms with van der Waals surface area (Å²) in [5.74, 6) is 0.744. The van der Waals surface area contributed by atoms with Crippen LogP contribution in [0.15, 0.2) is 23.1 Å². The zero-order valence-corrected chi connectivity index (χ0v) is 15.1. The molecule has 24 heavy (non-hydrogen) atoms. The molecule has 6 nitrogen and oxygen atoms in total. The Bertz CT molecular complexity index is 667. The third kappa shape index (κ3) is 4.70. The van der Waals surface area contributed by atoms with Gasteiger partial charge in [0.15, 0.2) is 0 Å². The first-order chi connectivity index (χ1) is 11.5. The molecule has 134 valence electrons. The predicted octanol–water partition coefficient (Wildman–Crippen LogP) is 2.30. The van der Waals surface area contributed by atoms with Gasteiger partial charge in [0.2, 0.25) is 10.0 Å². The smallest absolute Gasteiger partial charge is 0.251 e. The van der Waals surface area contributed by atoms with Crippen LogP contribution in [0.4, 0.5) is 0 Å². The van der Waals surface area contributed by atoms with Crippen molar-refractivity contribution in [2.24, 2.45) is 5.92 Å². The van der Waals surface area contributed by atoms with Crippen molar-refractivity contribution in [3.63, 3.8) is 0 Å². The molecule has 0 aromatic heterocycles. The molecule has 1 amide bonds. The SMILES string of the molecule is CNS(=O)(=O)c1cc(C(=O)NCCCC2CCCC2)ccc1OC. The van der Waals surface area contributed by atoms with Crippen molar-refractivity contribution in [2.75, 3.05) is 20.7 Å². The van der Waals surface area contributed by atoms with E-state index in [1.165, 1.54) is 52.0 Å². The normalized spacial score (nSPS) is 15.4. The maximum atomic E-state index is 12.2. The Kier molecular flexibility index (Phi) is 6.62. The van der Waals surface area contributed by atoms with Gasteiger partial charge in [0.05, 0.1) is 7.11 Å². The number of carbonyl (C=O) groups excluding carboxylic acids is 1. The van der Waals surface area contributed by atoms with E-state index in [2.05, 4.69) is 10.0 Å². The number of ether oxygens (including phenoxy) is 1. The van der Waals surface area contributed by atoms with Crippen LogP contribution in [0.3, 0.4) is 0 Å². The van der Waals surface area contributed by atoms with Gasteiger partial charge >= 0.3 is 0 Å². The summed E-state index contributed by atoms with van der Waals surface area (Å²) >= 11 is 0. The van der Waals surface area contributed by atoms with Gasteiger partial charge in [0, 0.05) is 12.1 Å². The molecule has 1 aliphatic rings. The average molecular weight is 354 g/mol. The first-order valence-electron chi connectivity index (χ1n) is 8.37. The van der Waals surface area contributed by atoms with Crippen molar-refractivity contribution < 1.29 is 17.9 Å². The molecule has 0 heterocycles. The van der Waals surface area contributed by atoms with Gasteiger partial charge in [-0.1, -0.05) is 25.7 Å². The van der Waals surface area contributed by atoms with E-state index in [1.54, 1.807) is 6.07 Å². The van der Waals surface area contributed by atoms with Gasteiger partial charge in [-0.3, -0.25) is 4.79 Å². The third-order valence-corrected chi connectivity index (χ3v) is 5.97. The van der Waals surface area contributed by atoms with Crippen molar-refractivity contribution in [1.82, 2.24) is 10.0 Å². The number of benzene rings is 1. The van der Waals surface area contributed by atoms with Crippen molar-refractivity contribution in [3.8, 4) is 5.75 Å². The Balaban J connectivity index is 1.97. The molecule has 0 saturated heterocycles. The standard InChI is InChI=1S/C17H26N2O4S/c1-18-24(21,22)16-12-14(9-10-15(16)23-2)17(20)19-11-5-8-13-6-3-4-7-13/h9-10,12-13,18H,3-8,11H2,1-2H3,(H,19,20). The van der Waals surface area contributed by atoms with E-state index in [4.69, 9.17) is 4.74 Å². The fraction of sp³-hybridized carbons (Fsp3) is 0.588. The molecular formula is C17H26N2O4S. The first kappa shape index (κ1) is 18.7. The van der Waals surface area contributed by atoms with Crippen LogP contribution in [-0.4, -0.2) is 35.0 Å². The van der Waals surface area contributed by atoms with Gasteiger partial charge in [0.1, 0.15) is 10.6 Å². The molecule has 0 radical (unpaired) electrons. The predicted molar refractivity (Wildman–Crippen MR) is 92.8 cm³/mol. The molecule has 7 heteroatoms. The maximum Gasteiger partial charge on any atom is 0.251 e. The Morgan fingerprint density at radius 2 is 2.00 bits per heavy atom. The van der Waals surface area contributed by atoms with Crippen molar-refractivity contribution in [1.29, 1.82) is 0 Å². The summed E-state index contributed by atoms with van der Waals surface area (Å²) in [6.07, 6.45) is 7.35. The number of amides is 1. The maximum absolute atomic E-state index is 12.2. The number of carbonyl (C=O) groups is 1. The van der Waals surface area contributed by atoms with E-state index in [-0.39, 0.29) is 16.6 Å². The lowest BCUT2D eigenvalue weighted by molar-refractivity contribution is 0.0952. The molecule has 1 saturated carbocycles. The molecule has 2 N–H and O–H groups in total. The average Bonchev–Trinajstić information content (AvgIpc) is 3.11. The second-order valence-corrected chi connectivity index (χ2v) is 7.98. The van der Waals surface area contributed by atoms with Crippen LogP contribution in [0.5, 0.6) is 5.75 Å². The second-order valence-electron chi connectivity index (χ2n) is 6.12. The molecule has 1 aliphatic carbocycles. The molecule has 1 aromatic carbocycles. The van der Waals surface area contributed by atoms with E-state index in [9.17, 15) is 13.2 Å². The molecule has 1 aromatic rings. The van der Waals surface area contributed by atoms with Gasteiger partial charge in [0.25, 0.3) is 5.91 Å². The summed E-state index contributed by atoms with van der Waals surface area (Å²) in [5, 5.41) is 2.86. The quantitative estimate of drug-likeness (QED) is 0.702. The van der Waals surface area contributed by atoms with Crippen LogP contribution in [0.25, 0.3) is 0 Å². The van der Waals surface area contributed by atoms with E-state index < -0.39 is 10.0 Å². The van der Waals surface area contributed by atoms with Gasteiger partial charge in [-0.25, -0.2) is 13.1 Å². The van der Waals surface area contributed by atoms with Gasteiger partial charge in [-0.05, 0) is 44.0 Å². The number of methoxy groups -OCH3 is 1. The minimum Gasteiger partial charge on any atom is -0.495 e. The molecular weight excluding hydrogens is 328 g/mol. The molecule has 0 aliphatic heterocycles. The Morgan fingerprint density at radius 3 is 2.62 bits per heavy atom. The highest BCUT2D eigenvalue weighted by molar-refractivity contribution is 7.89. The lowest BCUT2D eigenvalue weighted by atomic mass is 10.0. The second kappa shape index (κ2) is 8.48. The first-order valence-corrected chi connectivity index (χ1v) is 9.86. The van der Waals surface area contributed by atoms with Crippen LogP contribution in [0, 0.1) is 5.92 Å². The van der Waals surface area contributed by atoms with Crippen molar-refractivity contribution >= 4 is 15.9 Å². The van der Waals surface area contributed by atoms with Crippen molar-refractivity contribution in [2.45, 2.75) is 43.4 Å². The minimum absolute atomic E-state index is 0.0360. The van der Waals surface area contributed by atoms with Crippen LogP contribution < -0.4 is 14.8 Å². The lowest BCUT2D eigenvalue weighted by Crippen LogP contribution is -2.26. The molecule has 0 unspecified atom stereocenters. The highest BCUT2D eigenvalue weighted by Crippen LogP contribution is 2.28. The highest BCUT2D eigenvalue weighted by atomic mass is 32.2. The molecule has 0 spiro atoms. The van der Waals surface area contributed by atoms with Gasteiger partial charge in [-0.2, -0.15) is 0 Å². The summed E-state index contributed by atoms with van der Waals surface area (Å²) in [4.78, 5) is 12.2. The summed E-state index contributed by atoms with van der Waals surface area (Å²) in [7, 11) is -0.969. The Morgan fingerprint density at radius 1 is 1.29 bits per heavy atom. The van der Waals surface area contributed by atoms with E-state index in [0.29, 0.717) is 12.1 Å². The molecule has 0 bridgehead atoms. The molecule has 1 fully saturated rings. The van der Waals surface area contributed by atoms with Gasteiger partial charge in [-0.15, -0.1) is 0 Å². The summed E-state index contributed by atoms with van der Waals surface area (Å²) in [6, 6.07) is 4.41. The fourth-order valence-corrected chi connectivity index (χ4v) is 4.05. The number of hydrogen-bond acceptors (Lipinski definition) is 4. The van der Waals surface area contributed by atoms with E-state index >= 15 is 0 Å². The highest BCUT2D eigenvalue weighted by Gasteiger charge is 2.20. The zero-order chi connectivity index (χ0) is 17.6. The van der Waals surface area contributed by atoms with Crippen LogP contribution in [-0.2, 0) is 10.0 Å². The number of hydrogen-bond donors (Lipinski definition) is 2. The summed E-state index contributed by atoms with van der Waals surface area (Å²) < 4.78 is 31.4. The number of sulfonamides is 1. The third-order valence-electron chi connectivity index (χ3n) is 4.53. The Labute approximate surface area is 144 Å². The largest absolute Gasteiger partial charge is 0.495 e. The summed E-state index contributed by atoms with van der Waals surface area (Å²) in [6.45, 7) is 0.607. The molecule has 0 atom stereocenters. The number of rotatable bonds is 8. The minimum atomic E-state index is -3.69. The van der Waals surface area contributed by atoms with Crippen LogP contribution in [0.2, 0.25) is 0 Å².